The lowest BCUT2D eigenvalue weighted by Gasteiger charge is -2.62. The molecular formula is C9H5ClO. The van der Waals surface area contributed by atoms with Crippen LogP contribution < -0.4 is 0 Å². The highest BCUT2D eigenvalue weighted by Gasteiger charge is 3.61. The van der Waals surface area contributed by atoms with Gasteiger partial charge in [0.2, 0.25) is 5.24 Å². The van der Waals surface area contributed by atoms with Crippen molar-refractivity contribution in [1.29, 1.82) is 0 Å². The van der Waals surface area contributed by atoms with Gasteiger partial charge in [-0.3, -0.25) is 4.79 Å². The Hall–Kier alpha value is -0.0400. The van der Waals surface area contributed by atoms with Crippen LogP contribution in [0.1, 0.15) is 6.92 Å². The van der Waals surface area contributed by atoms with Gasteiger partial charge in [-0.1, -0.05) is 6.92 Å². The summed E-state index contributed by atoms with van der Waals surface area (Å²) in [5, 5.41) is -0.0162. The van der Waals surface area contributed by atoms with Crippen molar-refractivity contribution < 1.29 is 4.79 Å². The van der Waals surface area contributed by atoms with Crippen molar-refractivity contribution in [1.82, 2.24) is 0 Å². The number of fused-ring (bicyclic) bond motifs is 2. The van der Waals surface area contributed by atoms with Crippen LogP contribution in [0, 0.1) is 38.9 Å². The van der Waals surface area contributed by atoms with Crippen LogP contribution in [0.4, 0.5) is 0 Å². The predicted octanol–water partition coefficient (Wildman–Crippen LogP) is 1.02. The molecule has 0 N–H and O–H groups in total. The van der Waals surface area contributed by atoms with Gasteiger partial charge in [0.15, 0.2) is 0 Å². The molecule has 7 atom stereocenters. The van der Waals surface area contributed by atoms with E-state index in [1.807, 2.05) is 0 Å². The minimum atomic E-state index is -0.0162. The molecular weight excluding hydrogens is 160 g/mol. The maximum absolute atomic E-state index is 11.1. The molecule has 0 aromatic heterocycles. The molecule has 5 aliphatic rings. The normalized spacial score (nSPS) is 109. The van der Waals surface area contributed by atoms with Crippen molar-refractivity contribution in [2.45, 2.75) is 6.92 Å². The van der Waals surface area contributed by atoms with Crippen molar-refractivity contribution in [2.75, 3.05) is 0 Å². The molecule has 0 saturated heterocycles. The smallest absolute Gasteiger partial charge is 0.225 e. The molecule has 0 heterocycles. The van der Waals surface area contributed by atoms with Crippen molar-refractivity contribution in [3.05, 3.63) is 0 Å². The third-order valence-corrected chi connectivity index (χ3v) is 7.28. The Morgan fingerprint density at radius 2 is 2.18 bits per heavy atom. The summed E-state index contributed by atoms with van der Waals surface area (Å²) in [6.45, 7) is 2.38. The molecule has 5 fully saturated rings. The van der Waals surface area contributed by atoms with E-state index in [1.165, 1.54) is 0 Å². The minimum absolute atomic E-state index is 0.0162. The molecule has 4 spiro atoms. The molecule has 0 amide bonds. The number of carbonyl (C=O) groups excluding carboxylic acids is 1. The molecule has 0 aromatic rings. The fourth-order valence-corrected chi connectivity index (χ4v) is 8.14. The first kappa shape index (κ1) is 4.27. The van der Waals surface area contributed by atoms with Crippen LogP contribution >= 0.6 is 11.6 Å². The van der Waals surface area contributed by atoms with E-state index in [9.17, 15) is 4.79 Å². The Bertz CT molecular complexity index is 426. The lowest BCUT2D eigenvalue weighted by atomic mass is 9.40. The molecule has 54 valence electrons. The van der Waals surface area contributed by atoms with Gasteiger partial charge >= 0.3 is 0 Å². The summed E-state index contributed by atoms with van der Waals surface area (Å²) in [4.78, 5) is 11.1. The highest BCUT2D eigenvalue weighted by molar-refractivity contribution is 6.65. The number of hydrogen-bond donors (Lipinski definition) is 0. The highest BCUT2D eigenvalue weighted by atomic mass is 35.5. The maximum Gasteiger partial charge on any atom is 0.225 e. The van der Waals surface area contributed by atoms with Gasteiger partial charge < -0.3 is 0 Å². The van der Waals surface area contributed by atoms with Crippen LogP contribution in [0.3, 0.4) is 0 Å². The highest BCUT2D eigenvalue weighted by Crippen LogP contribution is 3.62. The Morgan fingerprint density at radius 1 is 1.45 bits per heavy atom. The predicted molar refractivity (Wildman–Crippen MR) is 35.7 cm³/mol. The fraction of sp³-hybridized carbons (Fsp3) is 0.889. The minimum Gasteiger partial charge on any atom is -0.281 e. The van der Waals surface area contributed by atoms with Crippen molar-refractivity contribution in [2.24, 2.45) is 38.9 Å². The Morgan fingerprint density at radius 3 is 2.36 bits per heavy atom. The molecule has 7 unspecified atom stereocenters. The standard InChI is InChI=1S/C9H5ClO/c1-5-6-2(3(10)11)7-4(6)8(5,7)9(5,6)7/h2,4H,1H3. The van der Waals surface area contributed by atoms with Crippen LogP contribution in [-0.4, -0.2) is 5.24 Å². The zero-order valence-corrected chi connectivity index (χ0v) is 6.70. The summed E-state index contributed by atoms with van der Waals surface area (Å²) in [6.07, 6.45) is 0. The van der Waals surface area contributed by atoms with Gasteiger partial charge in [-0.05, 0) is 39.2 Å². The van der Waals surface area contributed by atoms with E-state index in [2.05, 4.69) is 6.92 Å². The summed E-state index contributed by atoms with van der Waals surface area (Å²) in [7, 11) is 0. The van der Waals surface area contributed by atoms with Crippen LogP contribution in [0.5, 0.6) is 0 Å². The molecule has 0 bridgehead atoms. The number of rotatable bonds is 1. The molecule has 5 aliphatic carbocycles. The number of hydrogen-bond acceptors (Lipinski definition) is 1. The van der Waals surface area contributed by atoms with Crippen molar-refractivity contribution >= 4 is 16.8 Å². The third-order valence-electron chi connectivity index (χ3n) is 7.06. The monoisotopic (exact) mass is 164 g/mol. The maximum atomic E-state index is 11.1. The second-order valence-electron chi connectivity index (χ2n) is 5.59. The van der Waals surface area contributed by atoms with Gasteiger partial charge in [-0.2, -0.15) is 0 Å². The second-order valence-corrected chi connectivity index (χ2v) is 5.96. The van der Waals surface area contributed by atoms with Gasteiger partial charge in [0.25, 0.3) is 0 Å². The molecule has 0 aliphatic heterocycles. The van der Waals surface area contributed by atoms with Gasteiger partial charge in [0.1, 0.15) is 0 Å². The first-order valence-corrected chi connectivity index (χ1v) is 4.75. The summed E-state index contributed by atoms with van der Waals surface area (Å²) >= 11 is 5.58. The molecule has 11 heavy (non-hydrogen) atoms. The van der Waals surface area contributed by atoms with Crippen molar-refractivity contribution in [3.63, 3.8) is 0 Å². The average Bonchev–Trinajstić information content (AvgIpc) is 2.52. The zero-order valence-electron chi connectivity index (χ0n) is 5.94. The largest absolute Gasteiger partial charge is 0.281 e. The summed E-state index contributed by atoms with van der Waals surface area (Å²) in [5.41, 5.74) is 3.33. The first-order chi connectivity index (χ1) is 5.18. The molecule has 1 nitrogen and oxygen atoms in total. The van der Waals surface area contributed by atoms with Gasteiger partial charge in [0.05, 0.1) is 0 Å². The quantitative estimate of drug-likeness (QED) is 0.529. The Balaban J connectivity index is 1.79. The Labute approximate surface area is 68.1 Å². The van der Waals surface area contributed by atoms with Gasteiger partial charge in [0, 0.05) is 11.3 Å². The van der Waals surface area contributed by atoms with E-state index >= 15 is 0 Å². The molecule has 5 saturated carbocycles. The topological polar surface area (TPSA) is 17.1 Å². The van der Waals surface area contributed by atoms with Gasteiger partial charge in [-0.15, -0.1) is 0 Å². The summed E-state index contributed by atoms with van der Waals surface area (Å²) < 4.78 is 0. The number of halogens is 1. The summed E-state index contributed by atoms with van der Waals surface area (Å²) in [6, 6.07) is 0. The molecule has 0 aromatic carbocycles. The molecule has 5 rings (SSSR count). The zero-order chi connectivity index (χ0) is 7.23. The van der Waals surface area contributed by atoms with Crippen LogP contribution in [0.2, 0.25) is 0 Å². The third kappa shape index (κ3) is 0.0797. The molecule has 0 radical (unpaired) electrons. The van der Waals surface area contributed by atoms with E-state index in [0.717, 1.165) is 16.7 Å². The Kier molecular flexibility index (Phi) is 0.204. The van der Waals surface area contributed by atoms with E-state index < -0.39 is 0 Å². The number of carbonyl (C=O) groups is 1. The lowest BCUT2D eigenvalue weighted by molar-refractivity contribution is -0.184. The fourth-order valence-electron chi connectivity index (χ4n) is 7.80. The van der Waals surface area contributed by atoms with E-state index in [4.69, 9.17) is 11.6 Å². The van der Waals surface area contributed by atoms with Gasteiger partial charge in [-0.25, -0.2) is 0 Å². The van der Waals surface area contributed by atoms with Crippen LogP contribution in [-0.2, 0) is 4.79 Å². The second kappa shape index (κ2) is 0.527. The first-order valence-electron chi connectivity index (χ1n) is 4.38. The van der Waals surface area contributed by atoms with Crippen LogP contribution in [0.25, 0.3) is 0 Å². The average molecular weight is 165 g/mol. The SMILES string of the molecule is CC12C34C(C(=O)Cl)C56C3C51C462. The van der Waals surface area contributed by atoms with E-state index in [-0.39, 0.29) is 5.24 Å². The van der Waals surface area contributed by atoms with E-state index in [1.54, 1.807) is 0 Å². The van der Waals surface area contributed by atoms with Crippen LogP contribution in [0.15, 0.2) is 0 Å². The molecule has 2 heteroatoms. The summed E-state index contributed by atoms with van der Waals surface area (Å²) in [5.74, 6) is 1.35. The van der Waals surface area contributed by atoms with E-state index in [0.29, 0.717) is 22.2 Å². The van der Waals surface area contributed by atoms with Crippen molar-refractivity contribution in [3.8, 4) is 0 Å². The lowest BCUT2D eigenvalue weighted by Crippen LogP contribution is -2.64.